The topological polar surface area (TPSA) is 61.3 Å². The molecule has 0 spiro atoms. The van der Waals surface area contributed by atoms with Crippen LogP contribution in [0.4, 0.5) is 5.00 Å². The molecule has 0 saturated carbocycles. The van der Waals surface area contributed by atoms with Crippen LogP contribution in [0, 0.1) is 0 Å². The van der Waals surface area contributed by atoms with E-state index in [-0.39, 0.29) is 6.61 Å². The fourth-order valence-electron chi connectivity index (χ4n) is 1.62. The molecule has 0 amide bonds. The SMILES string of the molecule is CCCNc1snnc1CN(CCC)CCO. The molecule has 0 saturated heterocycles. The van der Waals surface area contributed by atoms with Crippen molar-refractivity contribution >= 4 is 16.5 Å². The highest BCUT2D eigenvalue weighted by molar-refractivity contribution is 7.10. The Morgan fingerprint density at radius 3 is 2.76 bits per heavy atom. The third-order valence-corrected chi connectivity index (χ3v) is 3.15. The molecule has 2 N–H and O–H groups in total. The minimum Gasteiger partial charge on any atom is -0.395 e. The monoisotopic (exact) mass is 258 g/mol. The van der Waals surface area contributed by atoms with Crippen LogP contribution in [0.1, 0.15) is 32.4 Å². The summed E-state index contributed by atoms with van der Waals surface area (Å²) < 4.78 is 3.99. The third-order valence-electron chi connectivity index (χ3n) is 2.42. The highest BCUT2D eigenvalue weighted by Gasteiger charge is 2.11. The van der Waals surface area contributed by atoms with Crippen LogP contribution in [0.2, 0.25) is 0 Å². The van der Waals surface area contributed by atoms with Crippen LogP contribution in [-0.2, 0) is 6.54 Å². The number of nitrogens with one attached hydrogen (secondary N) is 1. The van der Waals surface area contributed by atoms with Crippen molar-refractivity contribution < 1.29 is 5.11 Å². The number of aromatic nitrogens is 2. The van der Waals surface area contributed by atoms with Gasteiger partial charge in [0.05, 0.1) is 6.61 Å². The van der Waals surface area contributed by atoms with Gasteiger partial charge >= 0.3 is 0 Å². The van der Waals surface area contributed by atoms with Crippen molar-refractivity contribution in [3.05, 3.63) is 5.69 Å². The molecule has 6 heteroatoms. The maximum absolute atomic E-state index is 9.01. The molecule has 0 bridgehead atoms. The molecular weight excluding hydrogens is 236 g/mol. The lowest BCUT2D eigenvalue weighted by Gasteiger charge is -2.19. The van der Waals surface area contributed by atoms with Gasteiger partial charge in [0.25, 0.3) is 0 Å². The lowest BCUT2D eigenvalue weighted by Crippen LogP contribution is -2.27. The second-order valence-electron chi connectivity index (χ2n) is 3.98. The van der Waals surface area contributed by atoms with E-state index in [2.05, 4.69) is 33.7 Å². The van der Waals surface area contributed by atoms with Gasteiger partial charge in [0, 0.05) is 31.2 Å². The fraction of sp³-hybridized carbons (Fsp3) is 0.818. The molecule has 17 heavy (non-hydrogen) atoms. The Morgan fingerprint density at radius 2 is 2.12 bits per heavy atom. The quantitative estimate of drug-likeness (QED) is 0.704. The van der Waals surface area contributed by atoms with Crippen LogP contribution >= 0.6 is 11.5 Å². The highest BCUT2D eigenvalue weighted by Crippen LogP contribution is 2.19. The smallest absolute Gasteiger partial charge is 0.134 e. The minimum atomic E-state index is 0.190. The van der Waals surface area contributed by atoms with E-state index in [1.54, 1.807) is 0 Å². The predicted octanol–water partition coefficient (Wildman–Crippen LogP) is 1.56. The van der Waals surface area contributed by atoms with Crippen molar-refractivity contribution in [1.82, 2.24) is 14.5 Å². The molecule has 1 rings (SSSR count). The Balaban J connectivity index is 2.55. The van der Waals surface area contributed by atoms with Crippen LogP contribution in [0.5, 0.6) is 0 Å². The average molecular weight is 258 g/mol. The molecule has 0 unspecified atom stereocenters. The van der Waals surface area contributed by atoms with Gasteiger partial charge in [0.15, 0.2) is 0 Å². The van der Waals surface area contributed by atoms with Gasteiger partial charge in [-0.2, -0.15) is 0 Å². The first-order valence-electron chi connectivity index (χ1n) is 6.20. The molecule has 98 valence electrons. The second-order valence-corrected chi connectivity index (χ2v) is 4.73. The molecule has 1 aromatic rings. The van der Waals surface area contributed by atoms with Crippen molar-refractivity contribution in [2.75, 3.05) is 31.6 Å². The third kappa shape index (κ3) is 4.97. The molecule has 5 nitrogen and oxygen atoms in total. The Hall–Kier alpha value is -0.720. The van der Waals surface area contributed by atoms with Gasteiger partial charge in [0.2, 0.25) is 0 Å². The first kappa shape index (κ1) is 14.3. The average Bonchev–Trinajstić information content (AvgIpc) is 2.74. The van der Waals surface area contributed by atoms with E-state index in [9.17, 15) is 0 Å². The summed E-state index contributed by atoms with van der Waals surface area (Å²) in [6, 6.07) is 0. The van der Waals surface area contributed by atoms with Crippen molar-refractivity contribution in [2.24, 2.45) is 0 Å². The van der Waals surface area contributed by atoms with Gasteiger partial charge in [-0.15, -0.1) is 5.10 Å². The number of nitrogens with zero attached hydrogens (tertiary/aromatic N) is 3. The lowest BCUT2D eigenvalue weighted by atomic mass is 10.3. The van der Waals surface area contributed by atoms with Crippen LogP contribution in [-0.4, -0.2) is 45.8 Å². The maximum Gasteiger partial charge on any atom is 0.134 e. The summed E-state index contributed by atoms with van der Waals surface area (Å²) in [5.41, 5.74) is 0.991. The van der Waals surface area contributed by atoms with Gasteiger partial charge in [-0.25, -0.2) is 0 Å². The fourth-order valence-corrected chi connectivity index (χ4v) is 2.22. The van der Waals surface area contributed by atoms with E-state index in [0.29, 0.717) is 6.54 Å². The zero-order valence-electron chi connectivity index (χ0n) is 10.6. The molecule has 0 aliphatic rings. The summed E-state index contributed by atoms with van der Waals surface area (Å²) in [7, 11) is 0. The van der Waals surface area contributed by atoms with E-state index >= 15 is 0 Å². The second kappa shape index (κ2) is 8.38. The molecular formula is C11H22N4OS. The molecule has 1 heterocycles. The largest absolute Gasteiger partial charge is 0.395 e. The van der Waals surface area contributed by atoms with E-state index in [4.69, 9.17) is 5.11 Å². The summed E-state index contributed by atoms with van der Waals surface area (Å²) in [5.74, 6) is 0. The van der Waals surface area contributed by atoms with Gasteiger partial charge < -0.3 is 10.4 Å². The number of hydrogen-bond acceptors (Lipinski definition) is 6. The van der Waals surface area contributed by atoms with E-state index in [1.165, 1.54) is 11.5 Å². The molecule has 0 radical (unpaired) electrons. The van der Waals surface area contributed by atoms with Crippen LogP contribution in [0.25, 0.3) is 0 Å². The van der Waals surface area contributed by atoms with Gasteiger partial charge in [-0.3, -0.25) is 4.90 Å². The summed E-state index contributed by atoms with van der Waals surface area (Å²) >= 11 is 1.41. The van der Waals surface area contributed by atoms with E-state index in [0.717, 1.165) is 43.2 Å². The molecule has 1 aromatic heterocycles. The minimum absolute atomic E-state index is 0.190. The van der Waals surface area contributed by atoms with Crippen LogP contribution < -0.4 is 5.32 Å². The summed E-state index contributed by atoms with van der Waals surface area (Å²) in [6.07, 6.45) is 2.17. The van der Waals surface area contributed by atoms with Gasteiger partial charge in [-0.05, 0) is 19.4 Å². The molecule has 0 aliphatic heterocycles. The molecule has 0 fully saturated rings. The number of aliphatic hydroxyl groups excluding tert-OH is 1. The number of aliphatic hydroxyl groups is 1. The summed E-state index contributed by atoms with van der Waals surface area (Å²) in [4.78, 5) is 2.20. The number of anilines is 1. The van der Waals surface area contributed by atoms with Crippen molar-refractivity contribution in [1.29, 1.82) is 0 Å². The Kier molecular flexibility index (Phi) is 7.07. The highest BCUT2D eigenvalue weighted by atomic mass is 32.1. The lowest BCUT2D eigenvalue weighted by molar-refractivity contribution is 0.189. The van der Waals surface area contributed by atoms with Gasteiger partial charge in [0.1, 0.15) is 10.7 Å². The maximum atomic E-state index is 9.01. The van der Waals surface area contributed by atoms with Crippen LogP contribution in [0.15, 0.2) is 0 Å². The first-order valence-corrected chi connectivity index (χ1v) is 6.97. The summed E-state index contributed by atoms with van der Waals surface area (Å²) in [6.45, 7) is 7.84. The zero-order chi connectivity index (χ0) is 12.5. The standard InChI is InChI=1S/C11H22N4OS/c1-3-5-12-11-10(13-14-17-11)9-15(6-4-2)7-8-16/h12,16H,3-9H2,1-2H3. The molecule has 0 aliphatic carbocycles. The van der Waals surface area contributed by atoms with Crippen molar-refractivity contribution in [3.63, 3.8) is 0 Å². The number of hydrogen-bond donors (Lipinski definition) is 2. The van der Waals surface area contributed by atoms with Crippen molar-refractivity contribution in [2.45, 2.75) is 33.2 Å². The van der Waals surface area contributed by atoms with Gasteiger partial charge in [-0.1, -0.05) is 18.3 Å². The first-order chi connectivity index (χ1) is 8.31. The summed E-state index contributed by atoms with van der Waals surface area (Å²) in [5, 5.41) is 17.6. The molecule has 0 atom stereocenters. The molecule has 0 aromatic carbocycles. The van der Waals surface area contributed by atoms with Crippen LogP contribution in [0.3, 0.4) is 0 Å². The van der Waals surface area contributed by atoms with E-state index in [1.807, 2.05) is 0 Å². The Labute approximate surface area is 107 Å². The Bertz CT molecular complexity index is 299. The predicted molar refractivity (Wildman–Crippen MR) is 71.3 cm³/mol. The van der Waals surface area contributed by atoms with Crippen molar-refractivity contribution in [3.8, 4) is 0 Å². The normalized spacial score (nSPS) is 11.1. The Morgan fingerprint density at radius 1 is 1.29 bits per heavy atom. The zero-order valence-corrected chi connectivity index (χ0v) is 11.5. The number of rotatable bonds is 9. The van der Waals surface area contributed by atoms with E-state index < -0.39 is 0 Å².